The number of hydrogen-bond donors (Lipinski definition) is 1. The van der Waals surface area contributed by atoms with Gasteiger partial charge >= 0.3 is 0 Å². The number of nitrogens with zero attached hydrogens (tertiary/aromatic N) is 1. The van der Waals surface area contributed by atoms with E-state index in [2.05, 4.69) is 21.4 Å². The molecule has 0 aliphatic carbocycles. The number of carbonyl (C=O) groups is 2. The fourth-order valence-corrected chi connectivity index (χ4v) is 3.86. The molecule has 3 aromatic carbocycles. The molecule has 0 bridgehead atoms. The van der Waals surface area contributed by atoms with Crippen LogP contribution in [0.25, 0.3) is 6.08 Å². The molecule has 1 aliphatic heterocycles. The molecule has 7 heteroatoms. The number of hydrazine groups is 1. The van der Waals surface area contributed by atoms with Gasteiger partial charge in [-0.2, -0.15) is 0 Å². The number of anilines is 1. The molecule has 1 aliphatic rings. The Morgan fingerprint density at radius 1 is 0.969 bits per heavy atom. The average Bonchev–Trinajstić information content (AvgIpc) is 3.08. The largest absolute Gasteiger partial charge is 0.490 e. The molecule has 0 spiro atoms. The molecule has 3 aromatic rings. The maximum Gasteiger partial charge on any atom is 0.282 e. The summed E-state index contributed by atoms with van der Waals surface area (Å²) in [5.74, 6) is 0.207. The lowest BCUT2D eigenvalue weighted by Gasteiger charge is -2.15. The van der Waals surface area contributed by atoms with Gasteiger partial charge in [-0.15, -0.1) is 0 Å². The lowest BCUT2D eigenvalue weighted by Crippen LogP contribution is -2.35. The fraction of sp³-hybridized carbons (Fsp3) is 0.120. The Bertz CT molecular complexity index is 1160. The van der Waals surface area contributed by atoms with Crippen LogP contribution in [0.3, 0.4) is 0 Å². The molecular weight excluding hydrogens is 472 g/mol. The number of para-hydroxylation sites is 1. The molecule has 6 nitrogen and oxygen atoms in total. The lowest BCUT2D eigenvalue weighted by molar-refractivity contribution is -0.117. The Morgan fingerprint density at radius 3 is 2.34 bits per heavy atom. The predicted molar refractivity (Wildman–Crippen MR) is 126 cm³/mol. The standard InChI is InChI=1S/C25H21BrN2O4/c1-2-31-22-15-18(14-21(26)23(22)32-16-17-9-5-3-6-10-17)13-20-24(29)27-28(25(20)30)19-11-7-4-8-12-19/h3-15H,2,16H2,1H3,(H,27,29)/b20-13-. The van der Waals surface area contributed by atoms with Crippen LogP contribution < -0.4 is 19.9 Å². The number of benzene rings is 3. The Kier molecular flexibility index (Phi) is 6.56. The molecule has 4 rings (SSSR count). The minimum atomic E-state index is -0.461. The summed E-state index contributed by atoms with van der Waals surface area (Å²) >= 11 is 3.54. The van der Waals surface area contributed by atoms with Gasteiger partial charge in [0.25, 0.3) is 11.8 Å². The Balaban J connectivity index is 1.61. The normalized spacial score (nSPS) is 14.6. The summed E-state index contributed by atoms with van der Waals surface area (Å²) in [4.78, 5) is 25.3. The molecule has 0 atom stereocenters. The van der Waals surface area contributed by atoms with Gasteiger partial charge in [0.2, 0.25) is 0 Å². The highest BCUT2D eigenvalue weighted by molar-refractivity contribution is 9.10. The first kappa shape index (κ1) is 21.6. The number of halogens is 1. The summed E-state index contributed by atoms with van der Waals surface area (Å²) in [6.07, 6.45) is 1.55. The zero-order valence-electron chi connectivity index (χ0n) is 17.4. The van der Waals surface area contributed by atoms with Gasteiger partial charge in [0.1, 0.15) is 12.2 Å². The van der Waals surface area contributed by atoms with Crippen LogP contribution in [0, 0.1) is 0 Å². The number of ether oxygens (including phenoxy) is 2. The molecule has 0 saturated carbocycles. The smallest absolute Gasteiger partial charge is 0.282 e. The van der Waals surface area contributed by atoms with Crippen LogP contribution in [-0.4, -0.2) is 18.4 Å². The third kappa shape index (κ3) is 4.68. The van der Waals surface area contributed by atoms with Crippen molar-refractivity contribution in [1.82, 2.24) is 5.43 Å². The van der Waals surface area contributed by atoms with Crippen LogP contribution >= 0.6 is 15.9 Å². The molecule has 1 fully saturated rings. The minimum Gasteiger partial charge on any atom is -0.490 e. The maximum atomic E-state index is 12.8. The van der Waals surface area contributed by atoms with E-state index in [0.717, 1.165) is 5.56 Å². The maximum absolute atomic E-state index is 12.8. The second kappa shape index (κ2) is 9.70. The molecule has 1 N–H and O–H groups in total. The van der Waals surface area contributed by atoms with Crippen molar-refractivity contribution in [2.24, 2.45) is 0 Å². The van der Waals surface area contributed by atoms with E-state index >= 15 is 0 Å². The second-order valence-electron chi connectivity index (χ2n) is 7.01. The molecular formula is C25H21BrN2O4. The van der Waals surface area contributed by atoms with Gasteiger partial charge in [-0.05, 0) is 64.3 Å². The van der Waals surface area contributed by atoms with Crippen molar-refractivity contribution in [3.8, 4) is 11.5 Å². The van der Waals surface area contributed by atoms with Crippen molar-refractivity contribution >= 4 is 39.5 Å². The van der Waals surface area contributed by atoms with Gasteiger partial charge in [0.15, 0.2) is 11.5 Å². The fourth-order valence-electron chi connectivity index (χ4n) is 3.29. The first-order valence-corrected chi connectivity index (χ1v) is 10.9. The quantitative estimate of drug-likeness (QED) is 0.376. The molecule has 0 radical (unpaired) electrons. The van der Waals surface area contributed by atoms with Gasteiger partial charge in [0.05, 0.1) is 16.8 Å². The Labute approximate surface area is 194 Å². The zero-order chi connectivity index (χ0) is 22.5. The van der Waals surface area contributed by atoms with Crippen LogP contribution in [0.1, 0.15) is 18.1 Å². The summed E-state index contributed by atoms with van der Waals surface area (Å²) in [5.41, 5.74) is 4.91. The van der Waals surface area contributed by atoms with Crippen LogP contribution in [-0.2, 0) is 16.2 Å². The van der Waals surface area contributed by atoms with E-state index in [4.69, 9.17) is 9.47 Å². The van der Waals surface area contributed by atoms with Crippen molar-refractivity contribution < 1.29 is 19.1 Å². The van der Waals surface area contributed by atoms with Crippen molar-refractivity contribution in [1.29, 1.82) is 0 Å². The summed E-state index contributed by atoms with van der Waals surface area (Å²) < 4.78 is 12.4. The molecule has 0 aromatic heterocycles. The summed E-state index contributed by atoms with van der Waals surface area (Å²) in [6.45, 7) is 2.70. The summed E-state index contributed by atoms with van der Waals surface area (Å²) in [7, 11) is 0. The molecule has 0 unspecified atom stereocenters. The lowest BCUT2D eigenvalue weighted by atomic mass is 10.1. The third-order valence-electron chi connectivity index (χ3n) is 4.77. The highest BCUT2D eigenvalue weighted by Crippen LogP contribution is 2.38. The average molecular weight is 493 g/mol. The van der Waals surface area contributed by atoms with Crippen LogP contribution in [0.2, 0.25) is 0 Å². The van der Waals surface area contributed by atoms with Crippen LogP contribution in [0.4, 0.5) is 5.69 Å². The van der Waals surface area contributed by atoms with Crippen molar-refractivity contribution in [3.63, 3.8) is 0 Å². The molecule has 1 saturated heterocycles. The van der Waals surface area contributed by atoms with E-state index in [-0.39, 0.29) is 5.57 Å². The Morgan fingerprint density at radius 2 is 1.66 bits per heavy atom. The van der Waals surface area contributed by atoms with E-state index in [1.807, 2.05) is 43.3 Å². The topological polar surface area (TPSA) is 67.9 Å². The van der Waals surface area contributed by atoms with Gasteiger partial charge in [-0.3, -0.25) is 15.0 Å². The molecule has 2 amide bonds. The van der Waals surface area contributed by atoms with Crippen molar-refractivity contribution in [2.45, 2.75) is 13.5 Å². The van der Waals surface area contributed by atoms with E-state index in [9.17, 15) is 9.59 Å². The van der Waals surface area contributed by atoms with Crippen molar-refractivity contribution in [3.05, 3.63) is 94.0 Å². The predicted octanol–water partition coefficient (Wildman–Crippen LogP) is 4.89. The van der Waals surface area contributed by atoms with Gasteiger partial charge < -0.3 is 9.47 Å². The number of carbonyl (C=O) groups excluding carboxylic acids is 2. The highest BCUT2D eigenvalue weighted by Gasteiger charge is 2.34. The number of nitrogens with one attached hydrogen (secondary N) is 1. The second-order valence-corrected chi connectivity index (χ2v) is 7.87. The van der Waals surface area contributed by atoms with Gasteiger partial charge in [0, 0.05) is 0 Å². The summed E-state index contributed by atoms with van der Waals surface area (Å²) in [6, 6.07) is 22.3. The first-order chi connectivity index (χ1) is 15.6. The Hall–Kier alpha value is -3.58. The monoisotopic (exact) mass is 492 g/mol. The summed E-state index contributed by atoms with van der Waals surface area (Å²) in [5, 5.41) is 1.24. The van der Waals surface area contributed by atoms with Gasteiger partial charge in [-0.1, -0.05) is 48.5 Å². The first-order valence-electron chi connectivity index (χ1n) is 10.1. The molecule has 1 heterocycles. The van der Waals surface area contributed by atoms with Crippen molar-refractivity contribution in [2.75, 3.05) is 11.6 Å². The highest BCUT2D eigenvalue weighted by atomic mass is 79.9. The minimum absolute atomic E-state index is 0.0427. The van der Waals surface area contributed by atoms with E-state index < -0.39 is 11.8 Å². The number of rotatable bonds is 7. The SMILES string of the molecule is CCOc1cc(/C=C2/C(=O)NN(c3ccccc3)C2=O)cc(Br)c1OCc1ccccc1. The van der Waals surface area contributed by atoms with Crippen LogP contribution in [0.5, 0.6) is 11.5 Å². The number of hydrogen-bond acceptors (Lipinski definition) is 4. The third-order valence-corrected chi connectivity index (χ3v) is 5.36. The number of amides is 2. The molecule has 162 valence electrons. The van der Waals surface area contributed by atoms with E-state index in [1.165, 1.54) is 5.01 Å². The van der Waals surface area contributed by atoms with E-state index in [0.29, 0.717) is 40.4 Å². The molecule has 32 heavy (non-hydrogen) atoms. The zero-order valence-corrected chi connectivity index (χ0v) is 19.0. The van der Waals surface area contributed by atoms with E-state index in [1.54, 1.807) is 42.5 Å². The van der Waals surface area contributed by atoms with Crippen LogP contribution in [0.15, 0.2) is 82.8 Å². The van der Waals surface area contributed by atoms with Gasteiger partial charge in [-0.25, -0.2) is 5.01 Å².